The Morgan fingerprint density at radius 3 is 2.62 bits per heavy atom. The van der Waals surface area contributed by atoms with Crippen molar-refractivity contribution in [1.29, 1.82) is 0 Å². The molecule has 1 amide bonds. The van der Waals surface area contributed by atoms with Crippen molar-refractivity contribution in [1.82, 2.24) is 19.4 Å². The molecule has 1 aromatic heterocycles. The van der Waals surface area contributed by atoms with Gasteiger partial charge in [0.1, 0.15) is 0 Å². The highest BCUT2D eigenvalue weighted by Crippen LogP contribution is 2.19. The van der Waals surface area contributed by atoms with E-state index < -0.39 is 0 Å². The van der Waals surface area contributed by atoms with Crippen molar-refractivity contribution in [3.8, 4) is 5.75 Å². The molecule has 4 rings (SSSR count). The fourth-order valence-corrected chi connectivity index (χ4v) is 4.27. The number of carbonyl (C=O) groups excluding carboxylic acids is 1. The first kappa shape index (κ1) is 22.2. The molecular weight excluding hydrogens is 431 g/mol. The van der Waals surface area contributed by atoms with Crippen LogP contribution < -0.4 is 10.3 Å². The molecule has 1 saturated heterocycles. The Labute approximate surface area is 190 Å². The van der Waals surface area contributed by atoms with E-state index in [-0.39, 0.29) is 36.0 Å². The number of rotatable bonds is 6. The molecule has 0 radical (unpaired) electrons. The molecule has 32 heavy (non-hydrogen) atoms. The van der Waals surface area contributed by atoms with Gasteiger partial charge in [-0.05, 0) is 42.0 Å². The Hall–Kier alpha value is -3.04. The van der Waals surface area contributed by atoms with E-state index in [1.807, 2.05) is 23.1 Å². The molecule has 0 aliphatic carbocycles. The molecule has 0 spiro atoms. The predicted molar refractivity (Wildman–Crippen MR) is 123 cm³/mol. The highest BCUT2D eigenvalue weighted by molar-refractivity contribution is 7.71. The van der Waals surface area contributed by atoms with Gasteiger partial charge in [-0.25, -0.2) is 4.39 Å². The highest BCUT2D eigenvalue weighted by atomic mass is 32.1. The third-order valence-electron chi connectivity index (χ3n) is 5.79. The number of aromatic amines is 1. The lowest BCUT2D eigenvalue weighted by atomic mass is 10.1. The van der Waals surface area contributed by atoms with E-state index >= 15 is 0 Å². The summed E-state index contributed by atoms with van der Waals surface area (Å²) in [5.74, 6) is -0.148. The zero-order valence-electron chi connectivity index (χ0n) is 17.8. The molecule has 1 aliphatic heterocycles. The number of aromatic nitrogens is 2. The van der Waals surface area contributed by atoms with Crippen LogP contribution in [0.2, 0.25) is 0 Å². The summed E-state index contributed by atoms with van der Waals surface area (Å²) < 4.78 is 20.6. The van der Waals surface area contributed by atoms with Gasteiger partial charge in [0.15, 0.2) is 16.3 Å². The number of para-hydroxylation sites is 1. The van der Waals surface area contributed by atoms with Gasteiger partial charge in [0, 0.05) is 45.7 Å². The van der Waals surface area contributed by atoms with Crippen LogP contribution in [0.25, 0.3) is 10.9 Å². The number of nitrogens with zero attached hydrogens (tertiary/aromatic N) is 3. The summed E-state index contributed by atoms with van der Waals surface area (Å²) in [7, 11) is 1.44. The van der Waals surface area contributed by atoms with E-state index in [0.717, 1.165) is 5.56 Å². The minimum absolute atomic E-state index is 0.00500. The average molecular weight is 457 g/mol. The van der Waals surface area contributed by atoms with Crippen molar-refractivity contribution in [2.75, 3.05) is 33.3 Å². The largest absolute Gasteiger partial charge is 0.494 e. The summed E-state index contributed by atoms with van der Waals surface area (Å²) in [6.45, 7) is 3.45. The van der Waals surface area contributed by atoms with Gasteiger partial charge in [-0.3, -0.25) is 19.1 Å². The van der Waals surface area contributed by atoms with Crippen molar-refractivity contribution >= 4 is 29.0 Å². The predicted octanol–water partition coefficient (Wildman–Crippen LogP) is 2.94. The molecule has 2 heterocycles. The number of benzene rings is 2. The van der Waals surface area contributed by atoms with Gasteiger partial charge in [-0.2, -0.15) is 0 Å². The molecule has 7 nitrogen and oxygen atoms in total. The lowest BCUT2D eigenvalue weighted by molar-refractivity contribution is -0.133. The first-order valence-corrected chi connectivity index (χ1v) is 10.9. The standard InChI is InChI=1S/C23H25FN4O3S/c1-31-20-7-6-16(14-18(20)24)15-26-10-12-27(13-11-26)21(29)8-9-28-22(30)17-4-2-3-5-19(17)25-23(28)32/h2-7,14H,8-13,15H2,1H3,(H,25,32). The van der Waals surface area contributed by atoms with Crippen LogP contribution in [-0.2, 0) is 17.9 Å². The number of nitrogens with one attached hydrogen (secondary N) is 1. The molecule has 168 valence electrons. The molecule has 3 aromatic rings. The Morgan fingerprint density at radius 1 is 1.16 bits per heavy atom. The third kappa shape index (κ3) is 4.73. The zero-order chi connectivity index (χ0) is 22.7. The molecule has 1 fully saturated rings. The van der Waals surface area contributed by atoms with Crippen molar-refractivity contribution in [3.63, 3.8) is 0 Å². The fraction of sp³-hybridized carbons (Fsp3) is 0.348. The van der Waals surface area contributed by atoms with Crippen molar-refractivity contribution < 1.29 is 13.9 Å². The molecule has 0 saturated carbocycles. The van der Waals surface area contributed by atoms with Crippen molar-refractivity contribution in [2.24, 2.45) is 0 Å². The Morgan fingerprint density at radius 2 is 1.91 bits per heavy atom. The summed E-state index contributed by atoms with van der Waals surface area (Å²) in [6.07, 6.45) is 0.208. The number of hydrogen-bond donors (Lipinski definition) is 1. The second kappa shape index (κ2) is 9.62. The van der Waals surface area contributed by atoms with Crippen LogP contribution in [0.15, 0.2) is 47.3 Å². The Kier molecular flexibility index (Phi) is 6.66. The monoisotopic (exact) mass is 456 g/mol. The van der Waals surface area contributed by atoms with Crippen LogP contribution in [0.3, 0.4) is 0 Å². The Bertz CT molecular complexity index is 1250. The van der Waals surface area contributed by atoms with E-state index in [4.69, 9.17) is 17.0 Å². The first-order valence-electron chi connectivity index (χ1n) is 10.5. The SMILES string of the molecule is COc1ccc(CN2CCN(C(=O)CCn3c(=S)[nH]c4ccccc4c3=O)CC2)cc1F. The summed E-state index contributed by atoms with van der Waals surface area (Å²) in [5, 5.41) is 0.553. The van der Waals surface area contributed by atoms with E-state index in [1.165, 1.54) is 17.7 Å². The van der Waals surface area contributed by atoms with Crippen LogP contribution in [0.4, 0.5) is 4.39 Å². The topological polar surface area (TPSA) is 70.6 Å². The summed E-state index contributed by atoms with van der Waals surface area (Å²) in [4.78, 5) is 32.5. The minimum atomic E-state index is -0.374. The number of piperazine rings is 1. The van der Waals surface area contributed by atoms with Gasteiger partial charge >= 0.3 is 0 Å². The number of amides is 1. The normalized spacial score (nSPS) is 14.6. The van der Waals surface area contributed by atoms with E-state index in [0.29, 0.717) is 48.4 Å². The summed E-state index contributed by atoms with van der Waals surface area (Å²) >= 11 is 5.32. The van der Waals surface area contributed by atoms with Gasteiger partial charge < -0.3 is 14.6 Å². The molecule has 0 unspecified atom stereocenters. The fourth-order valence-electron chi connectivity index (χ4n) is 3.99. The van der Waals surface area contributed by atoms with Gasteiger partial charge in [0.05, 0.1) is 18.0 Å². The highest BCUT2D eigenvalue weighted by Gasteiger charge is 2.21. The maximum atomic E-state index is 13.9. The van der Waals surface area contributed by atoms with E-state index in [2.05, 4.69) is 9.88 Å². The number of hydrogen-bond acceptors (Lipinski definition) is 5. The number of fused-ring (bicyclic) bond motifs is 1. The Balaban J connectivity index is 1.32. The molecule has 2 aromatic carbocycles. The maximum absolute atomic E-state index is 13.9. The number of ether oxygens (including phenoxy) is 1. The van der Waals surface area contributed by atoms with Gasteiger partial charge in [0.25, 0.3) is 5.56 Å². The summed E-state index contributed by atoms with van der Waals surface area (Å²) in [5.41, 5.74) is 1.37. The summed E-state index contributed by atoms with van der Waals surface area (Å²) in [6, 6.07) is 12.2. The van der Waals surface area contributed by atoms with Crippen molar-refractivity contribution in [3.05, 3.63) is 69.0 Å². The number of carbonyl (C=O) groups is 1. The number of methoxy groups -OCH3 is 1. The minimum Gasteiger partial charge on any atom is -0.494 e. The van der Waals surface area contributed by atoms with Gasteiger partial charge in [0.2, 0.25) is 5.91 Å². The molecular formula is C23H25FN4O3S. The quantitative estimate of drug-likeness (QED) is 0.578. The van der Waals surface area contributed by atoms with Gasteiger partial charge in [-0.15, -0.1) is 0 Å². The van der Waals surface area contributed by atoms with Crippen LogP contribution in [0, 0.1) is 10.6 Å². The second-order valence-corrected chi connectivity index (χ2v) is 8.20. The van der Waals surface area contributed by atoms with Crippen molar-refractivity contribution in [2.45, 2.75) is 19.5 Å². The van der Waals surface area contributed by atoms with Crippen LogP contribution >= 0.6 is 12.2 Å². The molecule has 1 N–H and O–H groups in total. The van der Waals surface area contributed by atoms with Crippen LogP contribution in [0.1, 0.15) is 12.0 Å². The molecule has 0 bridgehead atoms. The van der Waals surface area contributed by atoms with Crippen LogP contribution in [-0.4, -0.2) is 58.5 Å². The number of H-pyrrole nitrogens is 1. The third-order valence-corrected chi connectivity index (χ3v) is 6.11. The molecule has 9 heteroatoms. The molecule has 0 atom stereocenters. The van der Waals surface area contributed by atoms with E-state index in [1.54, 1.807) is 18.2 Å². The van der Waals surface area contributed by atoms with E-state index in [9.17, 15) is 14.0 Å². The lowest BCUT2D eigenvalue weighted by Gasteiger charge is -2.35. The zero-order valence-corrected chi connectivity index (χ0v) is 18.7. The van der Waals surface area contributed by atoms with Gasteiger partial charge in [-0.1, -0.05) is 18.2 Å². The lowest BCUT2D eigenvalue weighted by Crippen LogP contribution is -2.48. The first-order chi connectivity index (χ1) is 15.5. The van der Waals surface area contributed by atoms with Crippen LogP contribution in [0.5, 0.6) is 5.75 Å². The average Bonchev–Trinajstić information content (AvgIpc) is 2.79. The maximum Gasteiger partial charge on any atom is 0.262 e. The molecule has 1 aliphatic rings. The smallest absolute Gasteiger partial charge is 0.262 e. The second-order valence-electron chi connectivity index (χ2n) is 7.81. The number of halogens is 1.